The van der Waals surface area contributed by atoms with Gasteiger partial charge in [0, 0.05) is 48.6 Å². The van der Waals surface area contributed by atoms with Crippen molar-refractivity contribution in [2.75, 3.05) is 37.0 Å². The molecule has 3 rings (SSSR count). The molecule has 1 heterocycles. The Kier molecular flexibility index (Phi) is 10.3. The Bertz CT molecular complexity index is 1300. The first-order chi connectivity index (χ1) is 17.5. The SMILES string of the molecule is CN(C)c1cccc2c(S(=O)ONCCSSCCC(=O)ON3C(=O)CC(S(=O)(=O)O)C3=O)cccc12. The van der Waals surface area contributed by atoms with Gasteiger partial charge in [-0.25, -0.2) is 9.00 Å². The Balaban J connectivity index is 1.34. The van der Waals surface area contributed by atoms with Crippen LogP contribution < -0.4 is 10.4 Å². The van der Waals surface area contributed by atoms with Gasteiger partial charge in [-0.2, -0.15) is 18.2 Å². The maximum Gasteiger partial charge on any atom is 0.334 e. The van der Waals surface area contributed by atoms with Gasteiger partial charge in [0.05, 0.1) is 17.7 Å². The quantitative estimate of drug-likeness (QED) is 0.114. The first-order valence-electron chi connectivity index (χ1n) is 10.8. The second kappa shape index (κ2) is 13.0. The van der Waals surface area contributed by atoms with Crippen LogP contribution in [-0.2, 0) is 44.7 Å². The normalized spacial score (nSPS) is 16.8. The highest BCUT2D eigenvalue weighted by Gasteiger charge is 2.48. The summed E-state index contributed by atoms with van der Waals surface area (Å²) in [6, 6.07) is 11.3. The Hall–Kier alpha value is -2.21. The van der Waals surface area contributed by atoms with Crippen molar-refractivity contribution in [3.63, 3.8) is 0 Å². The minimum Gasteiger partial charge on any atom is -0.377 e. The summed E-state index contributed by atoms with van der Waals surface area (Å²) in [6.07, 6.45) is -0.928. The zero-order valence-corrected chi connectivity index (χ0v) is 23.1. The van der Waals surface area contributed by atoms with Crippen LogP contribution in [-0.4, -0.2) is 77.4 Å². The second-order valence-corrected chi connectivity index (χ2v) is 13.2. The molecule has 2 unspecified atom stereocenters. The molecule has 2 atom stereocenters. The van der Waals surface area contributed by atoms with Crippen LogP contribution in [0, 0.1) is 0 Å². The predicted molar refractivity (Wildman–Crippen MR) is 141 cm³/mol. The molecule has 0 spiro atoms. The van der Waals surface area contributed by atoms with E-state index in [1.165, 1.54) is 21.6 Å². The van der Waals surface area contributed by atoms with E-state index in [0.717, 1.165) is 16.5 Å². The molecule has 0 radical (unpaired) electrons. The van der Waals surface area contributed by atoms with Crippen LogP contribution in [0.15, 0.2) is 41.3 Å². The number of nitrogens with one attached hydrogen (secondary N) is 1. The van der Waals surface area contributed by atoms with Crippen LogP contribution in [0.25, 0.3) is 10.8 Å². The van der Waals surface area contributed by atoms with Crippen LogP contribution in [0.5, 0.6) is 0 Å². The van der Waals surface area contributed by atoms with Gasteiger partial charge in [0.25, 0.3) is 21.9 Å². The van der Waals surface area contributed by atoms with Crippen LogP contribution in [0.3, 0.4) is 0 Å². The summed E-state index contributed by atoms with van der Waals surface area (Å²) in [6.45, 7) is 0.370. The molecular weight excluding hydrogens is 567 g/mol. The van der Waals surface area contributed by atoms with Gasteiger partial charge in [0.15, 0.2) is 5.25 Å². The summed E-state index contributed by atoms with van der Waals surface area (Å²) >= 11 is -1.73. The number of anilines is 1. The molecule has 2 aromatic carbocycles. The van der Waals surface area contributed by atoms with Crippen molar-refractivity contribution in [2.24, 2.45) is 0 Å². The van der Waals surface area contributed by atoms with E-state index < -0.39 is 50.7 Å². The van der Waals surface area contributed by atoms with Crippen molar-refractivity contribution in [3.8, 4) is 0 Å². The fraction of sp³-hybridized carbons (Fsp3) is 0.381. The smallest absolute Gasteiger partial charge is 0.334 e. The molecule has 2 aromatic rings. The lowest BCUT2D eigenvalue weighted by Gasteiger charge is -2.16. The summed E-state index contributed by atoms with van der Waals surface area (Å²) in [4.78, 5) is 42.6. The lowest BCUT2D eigenvalue weighted by molar-refractivity contribution is -0.197. The van der Waals surface area contributed by atoms with Gasteiger partial charge in [-0.05, 0) is 12.1 Å². The number of benzene rings is 2. The van der Waals surface area contributed by atoms with Crippen LogP contribution >= 0.6 is 21.6 Å². The van der Waals surface area contributed by atoms with Gasteiger partial charge in [-0.3, -0.25) is 14.1 Å². The minimum absolute atomic E-state index is 0.0806. The van der Waals surface area contributed by atoms with Crippen LogP contribution in [0.1, 0.15) is 12.8 Å². The lowest BCUT2D eigenvalue weighted by atomic mass is 10.1. The maximum absolute atomic E-state index is 12.7. The predicted octanol–water partition coefficient (Wildman–Crippen LogP) is 1.69. The van der Waals surface area contributed by atoms with E-state index in [9.17, 15) is 27.0 Å². The molecule has 16 heteroatoms. The molecule has 202 valence electrons. The second-order valence-electron chi connectivity index (χ2n) is 7.83. The number of hydrogen-bond acceptors (Lipinski definition) is 12. The number of amides is 2. The number of rotatable bonds is 13. The van der Waals surface area contributed by atoms with Crippen molar-refractivity contribution >= 4 is 77.0 Å². The average molecular weight is 592 g/mol. The number of imide groups is 1. The number of hydroxylamine groups is 3. The fourth-order valence-corrected chi connectivity index (χ4v) is 6.72. The number of fused-ring (bicyclic) bond motifs is 1. The van der Waals surface area contributed by atoms with Gasteiger partial charge in [-0.15, -0.1) is 5.06 Å². The molecule has 1 aliphatic rings. The monoisotopic (exact) mass is 591 g/mol. The molecule has 1 saturated heterocycles. The molecule has 0 saturated carbocycles. The topological polar surface area (TPSA) is 160 Å². The number of nitrogens with zero attached hydrogens (tertiary/aromatic N) is 2. The summed E-state index contributed by atoms with van der Waals surface area (Å²) < 4.78 is 49.2. The third-order valence-corrected chi connectivity index (χ3v) is 9.51. The van der Waals surface area contributed by atoms with Gasteiger partial charge < -0.3 is 9.74 Å². The Morgan fingerprint density at radius 2 is 1.84 bits per heavy atom. The summed E-state index contributed by atoms with van der Waals surface area (Å²) in [5.74, 6) is -2.37. The van der Waals surface area contributed by atoms with Crippen molar-refractivity contribution in [2.45, 2.75) is 23.0 Å². The maximum atomic E-state index is 12.7. The molecular formula is C21H25N3O9S4. The average Bonchev–Trinajstić information content (AvgIpc) is 3.13. The van der Waals surface area contributed by atoms with Crippen molar-refractivity contribution in [3.05, 3.63) is 36.4 Å². The molecule has 2 amide bonds. The number of hydrogen-bond donors (Lipinski definition) is 2. The van der Waals surface area contributed by atoms with E-state index >= 15 is 0 Å². The minimum atomic E-state index is -4.77. The molecule has 0 aromatic heterocycles. The molecule has 0 bridgehead atoms. The largest absolute Gasteiger partial charge is 0.377 e. The highest BCUT2D eigenvalue weighted by Crippen LogP contribution is 2.29. The Morgan fingerprint density at radius 3 is 2.51 bits per heavy atom. The summed E-state index contributed by atoms with van der Waals surface area (Å²) in [7, 11) is 1.83. The Labute approximate surface area is 224 Å². The molecule has 37 heavy (non-hydrogen) atoms. The highest BCUT2D eigenvalue weighted by atomic mass is 33.1. The van der Waals surface area contributed by atoms with Gasteiger partial charge in [0.2, 0.25) is 11.1 Å². The zero-order chi connectivity index (χ0) is 27.2. The van der Waals surface area contributed by atoms with E-state index in [0.29, 0.717) is 22.9 Å². The third-order valence-electron chi connectivity index (χ3n) is 5.03. The summed E-state index contributed by atoms with van der Waals surface area (Å²) in [5, 5.41) is -0.0874. The van der Waals surface area contributed by atoms with E-state index in [1.807, 2.05) is 49.3 Å². The highest BCUT2D eigenvalue weighted by molar-refractivity contribution is 8.76. The van der Waals surface area contributed by atoms with Crippen molar-refractivity contribution < 1.29 is 40.7 Å². The zero-order valence-electron chi connectivity index (χ0n) is 19.8. The number of carbonyl (C=O) groups is 3. The first-order valence-corrected chi connectivity index (χ1v) is 15.9. The molecule has 1 aliphatic heterocycles. The fourth-order valence-electron chi connectivity index (χ4n) is 3.32. The van der Waals surface area contributed by atoms with Gasteiger partial charge >= 0.3 is 5.97 Å². The van der Waals surface area contributed by atoms with Gasteiger partial charge in [0.1, 0.15) is 0 Å². The Morgan fingerprint density at radius 1 is 1.16 bits per heavy atom. The van der Waals surface area contributed by atoms with Crippen molar-refractivity contribution in [1.29, 1.82) is 0 Å². The lowest BCUT2D eigenvalue weighted by Crippen LogP contribution is -2.36. The van der Waals surface area contributed by atoms with Crippen molar-refractivity contribution in [1.82, 2.24) is 10.5 Å². The molecule has 12 nitrogen and oxygen atoms in total. The number of carbonyl (C=O) groups excluding carboxylic acids is 3. The van der Waals surface area contributed by atoms with Gasteiger partial charge in [-0.1, -0.05) is 45.9 Å². The molecule has 2 N–H and O–H groups in total. The first kappa shape index (κ1) is 29.3. The molecule has 0 aliphatic carbocycles. The van der Waals surface area contributed by atoms with Crippen LogP contribution in [0.2, 0.25) is 0 Å². The van der Waals surface area contributed by atoms with E-state index in [-0.39, 0.29) is 11.5 Å². The third kappa shape index (κ3) is 7.66. The van der Waals surface area contributed by atoms with E-state index in [1.54, 1.807) is 6.07 Å². The summed E-state index contributed by atoms with van der Waals surface area (Å²) in [5.41, 5.74) is 3.67. The van der Waals surface area contributed by atoms with E-state index in [4.69, 9.17) is 8.84 Å². The van der Waals surface area contributed by atoms with Crippen LogP contribution in [0.4, 0.5) is 5.69 Å². The molecule has 1 fully saturated rings. The van der Waals surface area contributed by atoms with E-state index in [2.05, 4.69) is 10.3 Å². The standard InChI is InChI=1S/C21H25N3O9S4/c1-23(2)16-7-3-6-15-14(16)5-4-8-17(15)36(28)33-22-10-12-35-34-11-9-20(26)32-24-19(25)13-18(21(24)27)37(29,30)31/h3-8,18,22H,9-13H2,1-2H3,(H,29,30,31).